The number of aryl methyl sites for hydroxylation is 1. The molecule has 2 atom stereocenters. The third-order valence-electron chi connectivity index (χ3n) is 5.78. The van der Waals surface area contributed by atoms with Crippen LogP contribution in [0.3, 0.4) is 0 Å². The quantitative estimate of drug-likeness (QED) is 0.910. The van der Waals surface area contributed by atoms with Gasteiger partial charge in [0.1, 0.15) is 5.75 Å². The number of hydrogen-bond donors (Lipinski definition) is 1. The van der Waals surface area contributed by atoms with E-state index in [1.165, 1.54) is 36.8 Å². The normalized spacial score (nSPS) is 31.8. The lowest BCUT2D eigenvalue weighted by Gasteiger charge is -2.37. The molecule has 0 saturated heterocycles. The number of aliphatic hydroxyl groups is 1. The van der Waals surface area contributed by atoms with Gasteiger partial charge in [-0.25, -0.2) is 0 Å². The van der Waals surface area contributed by atoms with Crippen LogP contribution < -0.4 is 4.74 Å². The Hall–Kier alpha value is -1.02. The zero-order valence-corrected chi connectivity index (χ0v) is 12.8. The zero-order valence-electron chi connectivity index (χ0n) is 12.8. The van der Waals surface area contributed by atoms with Crippen molar-refractivity contribution in [2.45, 2.75) is 63.4 Å². The Morgan fingerprint density at radius 1 is 1.19 bits per heavy atom. The highest BCUT2D eigenvalue weighted by atomic mass is 16.5. The van der Waals surface area contributed by atoms with Crippen LogP contribution >= 0.6 is 0 Å². The van der Waals surface area contributed by atoms with Gasteiger partial charge in [-0.3, -0.25) is 0 Å². The highest BCUT2D eigenvalue weighted by molar-refractivity contribution is 5.39. The molecule has 0 bridgehead atoms. The summed E-state index contributed by atoms with van der Waals surface area (Å²) in [4.78, 5) is 0. The van der Waals surface area contributed by atoms with Crippen LogP contribution in [0.2, 0.25) is 0 Å². The lowest BCUT2D eigenvalue weighted by Crippen LogP contribution is -2.36. The third kappa shape index (κ3) is 2.96. The van der Waals surface area contributed by atoms with E-state index < -0.39 is 5.60 Å². The maximum atomic E-state index is 10.9. The van der Waals surface area contributed by atoms with Crippen LogP contribution in [0.5, 0.6) is 5.75 Å². The summed E-state index contributed by atoms with van der Waals surface area (Å²) in [5, 5.41) is 10.9. The molecule has 21 heavy (non-hydrogen) atoms. The van der Waals surface area contributed by atoms with E-state index in [-0.39, 0.29) is 0 Å². The molecule has 0 spiro atoms. The number of rotatable bonds is 4. The summed E-state index contributed by atoms with van der Waals surface area (Å²) >= 11 is 0. The lowest BCUT2D eigenvalue weighted by atomic mass is 9.73. The highest BCUT2D eigenvalue weighted by Gasteiger charge is 2.40. The van der Waals surface area contributed by atoms with Gasteiger partial charge in [-0.15, -0.1) is 0 Å². The highest BCUT2D eigenvalue weighted by Crippen LogP contribution is 2.47. The molecule has 2 saturated carbocycles. The fraction of sp³-hybridized carbons (Fsp3) is 0.684. The van der Waals surface area contributed by atoms with Crippen LogP contribution in [0.4, 0.5) is 0 Å². The smallest absolute Gasteiger partial charge is 0.122 e. The van der Waals surface area contributed by atoms with Gasteiger partial charge >= 0.3 is 0 Å². The Balaban J connectivity index is 1.38. The standard InChI is InChI=1S/C19H26O2/c20-19(9-1-2-17(13-19)15-4-5-15)10-7-14-3-6-18-16(12-14)8-11-21-18/h3,6,12,15,17,20H,1-2,4-5,7-11,13H2. The molecular formula is C19H26O2. The summed E-state index contributed by atoms with van der Waals surface area (Å²) in [6.07, 6.45) is 10.4. The average Bonchev–Trinajstić information content (AvgIpc) is 3.24. The van der Waals surface area contributed by atoms with Gasteiger partial charge in [0, 0.05) is 6.42 Å². The number of fused-ring (bicyclic) bond motifs is 1. The molecule has 1 N–H and O–H groups in total. The van der Waals surface area contributed by atoms with E-state index in [4.69, 9.17) is 4.74 Å². The van der Waals surface area contributed by atoms with Gasteiger partial charge in [0.2, 0.25) is 0 Å². The summed E-state index contributed by atoms with van der Waals surface area (Å²) in [6, 6.07) is 6.57. The Labute approximate surface area is 127 Å². The molecule has 3 aliphatic rings. The first-order chi connectivity index (χ1) is 10.2. The van der Waals surface area contributed by atoms with E-state index in [0.29, 0.717) is 0 Å². The van der Waals surface area contributed by atoms with Gasteiger partial charge in [-0.1, -0.05) is 18.6 Å². The number of hydrogen-bond acceptors (Lipinski definition) is 2. The summed E-state index contributed by atoms with van der Waals surface area (Å²) in [5.41, 5.74) is 2.31. The van der Waals surface area contributed by atoms with Gasteiger partial charge < -0.3 is 9.84 Å². The first-order valence-corrected chi connectivity index (χ1v) is 8.69. The van der Waals surface area contributed by atoms with Gasteiger partial charge in [-0.2, -0.15) is 0 Å². The molecule has 0 amide bonds. The Morgan fingerprint density at radius 3 is 2.95 bits per heavy atom. The molecule has 0 aromatic heterocycles. The molecule has 1 aromatic carbocycles. The second kappa shape index (κ2) is 5.31. The van der Waals surface area contributed by atoms with E-state index in [2.05, 4.69) is 18.2 Å². The minimum Gasteiger partial charge on any atom is -0.493 e. The van der Waals surface area contributed by atoms with Crippen LogP contribution in [0.1, 0.15) is 56.1 Å². The van der Waals surface area contributed by atoms with Crippen LogP contribution in [-0.4, -0.2) is 17.3 Å². The lowest BCUT2D eigenvalue weighted by molar-refractivity contribution is -0.0266. The van der Waals surface area contributed by atoms with Crippen molar-refractivity contribution >= 4 is 0 Å². The fourth-order valence-electron chi connectivity index (χ4n) is 4.35. The second-order valence-corrected chi connectivity index (χ2v) is 7.46. The summed E-state index contributed by atoms with van der Waals surface area (Å²) < 4.78 is 5.57. The second-order valence-electron chi connectivity index (χ2n) is 7.46. The minimum absolute atomic E-state index is 0.402. The minimum atomic E-state index is -0.402. The molecule has 1 aromatic rings. The Bertz CT molecular complexity index is 520. The summed E-state index contributed by atoms with van der Waals surface area (Å²) in [5.74, 6) is 2.80. The molecular weight excluding hydrogens is 260 g/mol. The van der Waals surface area contributed by atoms with Crippen LogP contribution in [-0.2, 0) is 12.8 Å². The fourth-order valence-corrected chi connectivity index (χ4v) is 4.35. The number of ether oxygens (including phenoxy) is 1. The topological polar surface area (TPSA) is 29.5 Å². The predicted molar refractivity (Wildman–Crippen MR) is 83.6 cm³/mol. The van der Waals surface area contributed by atoms with Crippen molar-refractivity contribution in [3.63, 3.8) is 0 Å². The van der Waals surface area contributed by atoms with Crippen molar-refractivity contribution in [3.05, 3.63) is 29.3 Å². The van der Waals surface area contributed by atoms with Crippen molar-refractivity contribution in [1.29, 1.82) is 0 Å². The molecule has 2 fully saturated rings. The van der Waals surface area contributed by atoms with Crippen LogP contribution in [0.25, 0.3) is 0 Å². The van der Waals surface area contributed by atoms with E-state index in [1.807, 2.05) is 0 Å². The maximum Gasteiger partial charge on any atom is 0.122 e. The SMILES string of the molecule is OC1(CCc2ccc3c(c2)CCO3)CCCC(C2CC2)C1. The molecule has 0 radical (unpaired) electrons. The van der Waals surface area contributed by atoms with E-state index in [1.54, 1.807) is 0 Å². The molecule has 2 heteroatoms. The molecule has 2 nitrogen and oxygen atoms in total. The van der Waals surface area contributed by atoms with Gasteiger partial charge in [0.05, 0.1) is 12.2 Å². The molecule has 4 rings (SSSR count). The molecule has 1 aliphatic heterocycles. The van der Waals surface area contributed by atoms with E-state index in [9.17, 15) is 5.11 Å². The molecule has 1 heterocycles. The van der Waals surface area contributed by atoms with E-state index >= 15 is 0 Å². The van der Waals surface area contributed by atoms with Crippen molar-refractivity contribution in [1.82, 2.24) is 0 Å². The predicted octanol–water partition coefficient (Wildman–Crippen LogP) is 3.89. The number of benzene rings is 1. The van der Waals surface area contributed by atoms with Crippen molar-refractivity contribution in [3.8, 4) is 5.75 Å². The molecule has 2 unspecified atom stereocenters. The molecule has 114 valence electrons. The third-order valence-corrected chi connectivity index (χ3v) is 5.78. The van der Waals surface area contributed by atoms with E-state index in [0.717, 1.165) is 56.3 Å². The summed E-state index contributed by atoms with van der Waals surface area (Å²) in [6.45, 7) is 0.825. The molecule has 2 aliphatic carbocycles. The van der Waals surface area contributed by atoms with Gasteiger partial charge in [0.15, 0.2) is 0 Å². The van der Waals surface area contributed by atoms with Gasteiger partial charge in [0.25, 0.3) is 0 Å². The first kappa shape index (κ1) is 13.6. The van der Waals surface area contributed by atoms with Crippen molar-refractivity contribution < 1.29 is 9.84 Å². The Kier molecular flexibility index (Phi) is 3.45. The monoisotopic (exact) mass is 286 g/mol. The zero-order chi connectivity index (χ0) is 14.3. The van der Waals surface area contributed by atoms with Crippen molar-refractivity contribution in [2.75, 3.05) is 6.61 Å². The van der Waals surface area contributed by atoms with Crippen LogP contribution in [0.15, 0.2) is 18.2 Å². The largest absolute Gasteiger partial charge is 0.493 e. The van der Waals surface area contributed by atoms with Gasteiger partial charge in [-0.05, 0) is 74.0 Å². The summed E-state index contributed by atoms with van der Waals surface area (Å²) in [7, 11) is 0. The average molecular weight is 286 g/mol. The Morgan fingerprint density at radius 2 is 2.10 bits per heavy atom. The van der Waals surface area contributed by atoms with Crippen LogP contribution in [0, 0.1) is 11.8 Å². The maximum absolute atomic E-state index is 10.9. The first-order valence-electron chi connectivity index (χ1n) is 8.69. The van der Waals surface area contributed by atoms with Crippen molar-refractivity contribution in [2.24, 2.45) is 11.8 Å².